The first-order chi connectivity index (χ1) is 9.02. The van der Waals surface area contributed by atoms with Crippen molar-refractivity contribution in [3.8, 4) is 0 Å². The van der Waals surface area contributed by atoms with Gasteiger partial charge >= 0.3 is 0 Å². The Morgan fingerprint density at radius 3 is 1.89 bits per heavy atom. The van der Waals surface area contributed by atoms with Crippen molar-refractivity contribution in [3.05, 3.63) is 35.9 Å². The van der Waals surface area contributed by atoms with Gasteiger partial charge in [0, 0.05) is 6.04 Å². The summed E-state index contributed by atoms with van der Waals surface area (Å²) in [4.78, 5) is 0. The van der Waals surface area contributed by atoms with Crippen molar-refractivity contribution in [2.45, 2.75) is 52.6 Å². The zero-order chi connectivity index (χ0) is 14.3. The number of nitrogens with one attached hydrogen (secondary N) is 1. The Labute approximate surface area is 118 Å². The fraction of sp³-hybridized carbons (Fsp3) is 0.647. The second-order valence-electron chi connectivity index (χ2n) is 6.27. The molecule has 0 aliphatic carbocycles. The van der Waals surface area contributed by atoms with Crippen LogP contribution in [0.1, 0.15) is 52.1 Å². The quantitative estimate of drug-likeness (QED) is 0.748. The van der Waals surface area contributed by atoms with Gasteiger partial charge in [0.15, 0.2) is 0 Å². The summed E-state index contributed by atoms with van der Waals surface area (Å²) >= 11 is 0. The number of aliphatic hydroxyl groups is 1. The number of rotatable bonds is 8. The van der Waals surface area contributed by atoms with Gasteiger partial charge in [0.05, 0.1) is 12.6 Å². The smallest absolute Gasteiger partial charge is 0.0626 e. The van der Waals surface area contributed by atoms with E-state index in [0.29, 0.717) is 17.9 Å². The first-order valence-electron chi connectivity index (χ1n) is 7.44. The highest BCUT2D eigenvalue weighted by Crippen LogP contribution is 2.19. The van der Waals surface area contributed by atoms with E-state index < -0.39 is 0 Å². The maximum Gasteiger partial charge on any atom is 0.0626 e. The third-order valence-corrected chi connectivity index (χ3v) is 3.33. The second kappa shape index (κ2) is 8.34. The van der Waals surface area contributed by atoms with E-state index in [4.69, 9.17) is 0 Å². The minimum Gasteiger partial charge on any atom is -0.394 e. The lowest BCUT2D eigenvalue weighted by atomic mass is 9.94. The molecule has 1 unspecified atom stereocenters. The highest BCUT2D eigenvalue weighted by molar-refractivity contribution is 5.19. The molecular formula is C17H29NO. The normalized spacial score (nSPS) is 13.5. The van der Waals surface area contributed by atoms with E-state index in [1.165, 1.54) is 5.56 Å². The Balaban J connectivity index is 2.69. The Bertz CT molecular complexity index is 324. The van der Waals surface area contributed by atoms with Crippen molar-refractivity contribution in [2.75, 3.05) is 6.61 Å². The van der Waals surface area contributed by atoms with Crippen LogP contribution in [-0.4, -0.2) is 17.8 Å². The van der Waals surface area contributed by atoms with Gasteiger partial charge in [-0.1, -0.05) is 58.0 Å². The van der Waals surface area contributed by atoms with Crippen LogP contribution in [0.2, 0.25) is 0 Å². The lowest BCUT2D eigenvalue weighted by molar-refractivity contribution is 0.218. The zero-order valence-electron chi connectivity index (χ0n) is 12.8. The van der Waals surface area contributed by atoms with Crippen LogP contribution in [0, 0.1) is 11.8 Å². The Hall–Kier alpha value is -0.860. The monoisotopic (exact) mass is 263 g/mol. The van der Waals surface area contributed by atoms with Crippen LogP contribution >= 0.6 is 0 Å². The van der Waals surface area contributed by atoms with Gasteiger partial charge in [0.1, 0.15) is 0 Å². The van der Waals surface area contributed by atoms with Crippen LogP contribution in [0.4, 0.5) is 0 Å². The largest absolute Gasteiger partial charge is 0.394 e. The summed E-state index contributed by atoms with van der Waals surface area (Å²) in [5.41, 5.74) is 1.17. The zero-order valence-corrected chi connectivity index (χ0v) is 12.8. The van der Waals surface area contributed by atoms with Gasteiger partial charge in [-0.2, -0.15) is 0 Å². The van der Waals surface area contributed by atoms with Crippen LogP contribution in [-0.2, 0) is 0 Å². The minimum absolute atomic E-state index is 0.0451. The number of hydrogen-bond donors (Lipinski definition) is 2. The number of hydrogen-bond acceptors (Lipinski definition) is 2. The summed E-state index contributed by atoms with van der Waals surface area (Å²) in [6.45, 7) is 9.17. The first kappa shape index (κ1) is 16.2. The molecule has 1 aromatic rings. The van der Waals surface area contributed by atoms with Crippen molar-refractivity contribution in [1.82, 2.24) is 5.32 Å². The molecule has 2 heteroatoms. The molecule has 0 aromatic heterocycles. The van der Waals surface area contributed by atoms with E-state index in [0.717, 1.165) is 12.8 Å². The van der Waals surface area contributed by atoms with Crippen molar-refractivity contribution in [2.24, 2.45) is 11.8 Å². The Morgan fingerprint density at radius 1 is 0.947 bits per heavy atom. The van der Waals surface area contributed by atoms with E-state index in [9.17, 15) is 5.11 Å². The van der Waals surface area contributed by atoms with Gasteiger partial charge in [-0.05, 0) is 30.2 Å². The van der Waals surface area contributed by atoms with Gasteiger partial charge in [0.2, 0.25) is 0 Å². The van der Waals surface area contributed by atoms with E-state index in [1.807, 2.05) is 18.2 Å². The van der Waals surface area contributed by atoms with E-state index in [-0.39, 0.29) is 12.6 Å². The Morgan fingerprint density at radius 2 is 1.47 bits per heavy atom. The summed E-state index contributed by atoms with van der Waals surface area (Å²) in [7, 11) is 0. The maximum absolute atomic E-state index is 9.63. The van der Waals surface area contributed by atoms with Crippen LogP contribution in [0.25, 0.3) is 0 Å². The molecule has 1 aromatic carbocycles. The molecule has 0 aliphatic heterocycles. The summed E-state index contributed by atoms with van der Waals surface area (Å²) in [5.74, 6) is 1.35. The van der Waals surface area contributed by atoms with Crippen LogP contribution in [0.3, 0.4) is 0 Å². The fourth-order valence-electron chi connectivity index (χ4n) is 2.59. The number of aliphatic hydroxyl groups excluding tert-OH is 1. The molecule has 108 valence electrons. The first-order valence-corrected chi connectivity index (χ1v) is 7.44. The van der Waals surface area contributed by atoms with Gasteiger partial charge < -0.3 is 10.4 Å². The van der Waals surface area contributed by atoms with Crippen LogP contribution < -0.4 is 5.32 Å². The molecular weight excluding hydrogens is 234 g/mol. The van der Waals surface area contributed by atoms with Gasteiger partial charge in [-0.15, -0.1) is 0 Å². The standard InChI is InChI=1S/C17H29NO/c1-13(2)10-16(11-14(3)4)18-17(12-19)15-8-6-5-7-9-15/h5-9,13-14,16-19H,10-12H2,1-4H3. The SMILES string of the molecule is CC(C)CC(CC(C)C)NC(CO)c1ccccc1. The average Bonchev–Trinajstić information content (AvgIpc) is 2.35. The minimum atomic E-state index is 0.0451. The van der Waals surface area contributed by atoms with Crippen LogP contribution in [0.15, 0.2) is 30.3 Å². The van der Waals surface area contributed by atoms with Gasteiger partial charge in [-0.3, -0.25) is 0 Å². The molecule has 0 aliphatic rings. The van der Waals surface area contributed by atoms with Gasteiger partial charge in [0.25, 0.3) is 0 Å². The summed E-state index contributed by atoms with van der Waals surface area (Å²) in [6, 6.07) is 10.7. The molecule has 0 fully saturated rings. The molecule has 1 rings (SSSR count). The maximum atomic E-state index is 9.63. The molecule has 0 amide bonds. The molecule has 0 bridgehead atoms. The van der Waals surface area contributed by atoms with Crippen LogP contribution in [0.5, 0.6) is 0 Å². The lowest BCUT2D eigenvalue weighted by Gasteiger charge is -2.27. The third kappa shape index (κ3) is 6.22. The molecule has 2 nitrogen and oxygen atoms in total. The van der Waals surface area contributed by atoms with Crippen molar-refractivity contribution in [1.29, 1.82) is 0 Å². The number of benzene rings is 1. The molecule has 1 atom stereocenters. The van der Waals surface area contributed by atoms with Crippen molar-refractivity contribution < 1.29 is 5.11 Å². The van der Waals surface area contributed by atoms with E-state index in [2.05, 4.69) is 45.1 Å². The molecule has 2 N–H and O–H groups in total. The van der Waals surface area contributed by atoms with Gasteiger partial charge in [-0.25, -0.2) is 0 Å². The van der Waals surface area contributed by atoms with Crippen molar-refractivity contribution in [3.63, 3.8) is 0 Å². The van der Waals surface area contributed by atoms with E-state index >= 15 is 0 Å². The molecule has 0 saturated heterocycles. The molecule has 0 spiro atoms. The molecule has 19 heavy (non-hydrogen) atoms. The second-order valence-corrected chi connectivity index (χ2v) is 6.27. The lowest BCUT2D eigenvalue weighted by Crippen LogP contribution is -2.36. The van der Waals surface area contributed by atoms with Crippen molar-refractivity contribution >= 4 is 0 Å². The average molecular weight is 263 g/mol. The third-order valence-electron chi connectivity index (χ3n) is 3.33. The summed E-state index contributed by atoms with van der Waals surface area (Å²) in [6.07, 6.45) is 2.31. The molecule has 0 radical (unpaired) electrons. The molecule has 0 heterocycles. The topological polar surface area (TPSA) is 32.3 Å². The van der Waals surface area contributed by atoms with E-state index in [1.54, 1.807) is 0 Å². The predicted octanol–water partition coefficient (Wildman–Crippen LogP) is 3.77. The summed E-state index contributed by atoms with van der Waals surface area (Å²) in [5, 5.41) is 13.3. The fourth-order valence-corrected chi connectivity index (χ4v) is 2.59. The predicted molar refractivity (Wildman–Crippen MR) is 82.1 cm³/mol. The highest BCUT2D eigenvalue weighted by Gasteiger charge is 2.18. The molecule has 0 saturated carbocycles. The summed E-state index contributed by atoms with van der Waals surface area (Å²) < 4.78 is 0. The highest BCUT2D eigenvalue weighted by atomic mass is 16.3. The Kier molecular flexibility index (Phi) is 7.11.